The third-order valence-electron chi connectivity index (χ3n) is 5.72. The number of pyridine rings is 2. The predicted octanol–water partition coefficient (Wildman–Crippen LogP) is 3.53. The van der Waals surface area contributed by atoms with E-state index >= 15 is 0 Å². The Morgan fingerprint density at radius 2 is 1.62 bits per heavy atom. The van der Waals surface area contributed by atoms with Gasteiger partial charge >= 0.3 is 0 Å². The summed E-state index contributed by atoms with van der Waals surface area (Å²) in [7, 11) is 0. The minimum absolute atomic E-state index is 0.0262. The van der Waals surface area contributed by atoms with Crippen molar-refractivity contribution < 1.29 is 4.79 Å². The molecule has 0 spiro atoms. The molecule has 3 aromatic heterocycles. The maximum absolute atomic E-state index is 13.2. The third-order valence-corrected chi connectivity index (χ3v) is 5.72. The number of hydrogen-bond acceptors (Lipinski definition) is 6. The predicted molar refractivity (Wildman–Crippen MR) is 121 cm³/mol. The van der Waals surface area contributed by atoms with Crippen LogP contribution in [0.4, 0.5) is 5.95 Å². The molecule has 5 rings (SSSR count). The number of benzene rings is 1. The standard InChI is InChI=1S/C25H21N5O2/c31-23(20-4-2-1-3-5-20)17-30-22(19-8-13-27-14-9-19)10-15-29-24(32)16-21(28-25(29)30)18-6-11-26-12-7-18/h1-9,11-14,16,22H,10,15,17H2/t22-/m1/s1. The molecule has 0 aliphatic carbocycles. The first kappa shape index (κ1) is 19.8. The fraction of sp³-hybridized carbons (Fsp3) is 0.160. The smallest absolute Gasteiger partial charge is 0.255 e. The van der Waals surface area contributed by atoms with Crippen molar-refractivity contribution in [2.24, 2.45) is 0 Å². The second-order valence-electron chi connectivity index (χ2n) is 7.67. The molecule has 0 bridgehead atoms. The number of fused-ring (bicyclic) bond motifs is 1. The molecule has 1 aliphatic heterocycles. The van der Waals surface area contributed by atoms with E-state index in [4.69, 9.17) is 4.98 Å². The molecule has 1 aromatic carbocycles. The van der Waals surface area contributed by atoms with Gasteiger partial charge in [-0.05, 0) is 36.2 Å². The van der Waals surface area contributed by atoms with Crippen molar-refractivity contribution in [2.75, 3.05) is 11.4 Å². The number of carbonyl (C=O) groups excluding carboxylic acids is 1. The van der Waals surface area contributed by atoms with E-state index in [1.54, 1.807) is 35.4 Å². The molecule has 0 saturated heterocycles. The Labute approximate surface area is 185 Å². The molecular weight excluding hydrogens is 402 g/mol. The summed E-state index contributed by atoms with van der Waals surface area (Å²) < 4.78 is 1.65. The Morgan fingerprint density at radius 1 is 0.938 bits per heavy atom. The summed E-state index contributed by atoms with van der Waals surface area (Å²) in [5.74, 6) is 0.475. The SMILES string of the molecule is O=C(CN1c2nc(-c3ccncc3)cc(=O)n2CC[C@@H]1c1ccncc1)c1ccccc1. The molecule has 1 atom stereocenters. The minimum Gasteiger partial charge on any atom is -0.327 e. The van der Waals surface area contributed by atoms with Gasteiger partial charge in [0.25, 0.3) is 5.56 Å². The van der Waals surface area contributed by atoms with E-state index in [-0.39, 0.29) is 23.9 Å². The van der Waals surface area contributed by atoms with Gasteiger partial charge in [0, 0.05) is 48.5 Å². The Kier molecular flexibility index (Phi) is 5.29. The monoisotopic (exact) mass is 423 g/mol. The van der Waals surface area contributed by atoms with Crippen LogP contribution in [0.5, 0.6) is 0 Å². The van der Waals surface area contributed by atoms with Gasteiger partial charge in [0.15, 0.2) is 5.78 Å². The number of carbonyl (C=O) groups is 1. The minimum atomic E-state index is -0.132. The van der Waals surface area contributed by atoms with Gasteiger partial charge in [0.1, 0.15) is 0 Å². The van der Waals surface area contributed by atoms with Crippen molar-refractivity contribution in [3.05, 3.63) is 107 Å². The van der Waals surface area contributed by atoms with Crippen molar-refractivity contribution in [3.63, 3.8) is 0 Å². The summed E-state index contributed by atoms with van der Waals surface area (Å²) in [5.41, 5.74) is 2.91. The van der Waals surface area contributed by atoms with E-state index in [1.165, 1.54) is 0 Å². The van der Waals surface area contributed by atoms with Crippen LogP contribution in [-0.4, -0.2) is 31.8 Å². The van der Waals surface area contributed by atoms with Gasteiger partial charge in [0.05, 0.1) is 18.3 Å². The highest BCUT2D eigenvalue weighted by Crippen LogP contribution is 2.34. The first-order valence-corrected chi connectivity index (χ1v) is 10.5. The number of anilines is 1. The average Bonchev–Trinajstić information content (AvgIpc) is 2.86. The van der Waals surface area contributed by atoms with Crippen molar-refractivity contribution >= 4 is 11.7 Å². The van der Waals surface area contributed by atoms with Gasteiger partial charge in [-0.15, -0.1) is 0 Å². The summed E-state index contributed by atoms with van der Waals surface area (Å²) in [4.78, 5) is 41.1. The van der Waals surface area contributed by atoms with Crippen LogP contribution < -0.4 is 10.5 Å². The molecule has 0 unspecified atom stereocenters. The molecule has 4 aromatic rings. The van der Waals surface area contributed by atoms with E-state index in [1.807, 2.05) is 59.5 Å². The highest BCUT2D eigenvalue weighted by molar-refractivity contribution is 5.99. The highest BCUT2D eigenvalue weighted by atomic mass is 16.1. The number of nitrogens with zero attached hydrogens (tertiary/aromatic N) is 5. The third kappa shape index (κ3) is 3.80. The van der Waals surface area contributed by atoms with Gasteiger partial charge in [0.2, 0.25) is 5.95 Å². The number of aromatic nitrogens is 4. The van der Waals surface area contributed by atoms with Crippen molar-refractivity contribution in [1.29, 1.82) is 0 Å². The normalized spacial score (nSPS) is 15.2. The van der Waals surface area contributed by atoms with Crippen molar-refractivity contribution in [1.82, 2.24) is 19.5 Å². The Hall–Kier alpha value is -4.13. The number of rotatable bonds is 5. The van der Waals surface area contributed by atoms with E-state index < -0.39 is 0 Å². The van der Waals surface area contributed by atoms with Gasteiger partial charge in [-0.1, -0.05) is 30.3 Å². The van der Waals surface area contributed by atoms with E-state index in [0.717, 1.165) is 11.1 Å². The molecule has 0 N–H and O–H groups in total. The number of ketones is 1. The zero-order valence-electron chi connectivity index (χ0n) is 17.3. The molecule has 0 amide bonds. The van der Waals surface area contributed by atoms with Gasteiger partial charge in [-0.25, -0.2) is 4.98 Å². The summed E-state index contributed by atoms with van der Waals surface area (Å²) in [6.45, 7) is 0.643. The zero-order valence-corrected chi connectivity index (χ0v) is 17.3. The first-order valence-electron chi connectivity index (χ1n) is 10.5. The van der Waals surface area contributed by atoms with Crippen LogP contribution in [0.25, 0.3) is 11.3 Å². The van der Waals surface area contributed by atoms with Crippen LogP contribution in [-0.2, 0) is 6.54 Å². The highest BCUT2D eigenvalue weighted by Gasteiger charge is 2.31. The molecule has 7 heteroatoms. The van der Waals surface area contributed by atoms with Crippen LogP contribution in [0.3, 0.4) is 0 Å². The maximum atomic E-state index is 13.2. The van der Waals surface area contributed by atoms with Crippen LogP contribution in [0.1, 0.15) is 28.4 Å². The Balaban J connectivity index is 1.61. The number of hydrogen-bond donors (Lipinski definition) is 0. The lowest BCUT2D eigenvalue weighted by atomic mass is 10.00. The molecule has 0 saturated carbocycles. The van der Waals surface area contributed by atoms with Crippen LogP contribution >= 0.6 is 0 Å². The van der Waals surface area contributed by atoms with Gasteiger partial charge < -0.3 is 4.90 Å². The van der Waals surface area contributed by atoms with E-state index in [0.29, 0.717) is 30.2 Å². The molecule has 158 valence electrons. The molecule has 4 heterocycles. The van der Waals surface area contributed by atoms with Crippen molar-refractivity contribution in [2.45, 2.75) is 19.0 Å². The Bertz CT molecular complexity index is 1290. The van der Waals surface area contributed by atoms with Gasteiger partial charge in [-0.2, -0.15) is 0 Å². The van der Waals surface area contributed by atoms with Crippen LogP contribution in [0.2, 0.25) is 0 Å². The quantitative estimate of drug-likeness (QED) is 0.457. The lowest BCUT2D eigenvalue weighted by Gasteiger charge is -2.38. The lowest BCUT2D eigenvalue weighted by molar-refractivity contribution is 0.0994. The average molecular weight is 423 g/mol. The van der Waals surface area contributed by atoms with E-state index in [9.17, 15) is 9.59 Å². The summed E-state index contributed by atoms with van der Waals surface area (Å²) in [5, 5.41) is 0. The molecule has 7 nitrogen and oxygen atoms in total. The van der Waals surface area contributed by atoms with E-state index in [2.05, 4.69) is 9.97 Å². The zero-order chi connectivity index (χ0) is 21.9. The molecule has 0 radical (unpaired) electrons. The molecular formula is C25H21N5O2. The Morgan fingerprint density at radius 3 is 2.34 bits per heavy atom. The largest absolute Gasteiger partial charge is 0.327 e. The lowest BCUT2D eigenvalue weighted by Crippen LogP contribution is -2.43. The van der Waals surface area contributed by atoms with Crippen LogP contribution in [0, 0.1) is 0 Å². The molecule has 1 aliphatic rings. The second-order valence-corrected chi connectivity index (χ2v) is 7.67. The maximum Gasteiger partial charge on any atom is 0.255 e. The number of Topliss-reactive ketones (excluding diaryl/α,β-unsaturated/α-hetero) is 1. The molecule has 32 heavy (non-hydrogen) atoms. The fourth-order valence-electron chi connectivity index (χ4n) is 4.12. The fourth-order valence-corrected chi connectivity index (χ4v) is 4.12. The van der Waals surface area contributed by atoms with Crippen LogP contribution in [0.15, 0.2) is 90.2 Å². The summed E-state index contributed by atoms with van der Waals surface area (Å²) in [6.07, 6.45) is 7.52. The van der Waals surface area contributed by atoms with Gasteiger partial charge in [-0.3, -0.25) is 24.1 Å². The summed E-state index contributed by atoms with van der Waals surface area (Å²) >= 11 is 0. The second kappa shape index (κ2) is 8.55. The first-order chi connectivity index (χ1) is 15.7. The molecule has 0 fully saturated rings. The summed E-state index contributed by atoms with van der Waals surface area (Å²) in [6, 6.07) is 18.2. The topological polar surface area (TPSA) is 81.0 Å². The van der Waals surface area contributed by atoms with Crippen molar-refractivity contribution in [3.8, 4) is 11.3 Å².